The minimum absolute atomic E-state index is 0.0463. The van der Waals surface area contributed by atoms with Crippen LogP contribution in [0.3, 0.4) is 0 Å². The molecule has 0 amide bonds. The highest BCUT2D eigenvalue weighted by Crippen LogP contribution is 2.27. The van der Waals surface area contributed by atoms with E-state index in [4.69, 9.17) is 4.74 Å². The molecule has 0 spiro atoms. The highest BCUT2D eigenvalue weighted by atomic mass is 16.5. The predicted molar refractivity (Wildman–Crippen MR) is 78.3 cm³/mol. The zero-order valence-electron chi connectivity index (χ0n) is 12.7. The van der Waals surface area contributed by atoms with Crippen LogP contribution >= 0.6 is 0 Å². The number of hydrogen-bond donors (Lipinski definition) is 1. The molecule has 19 heavy (non-hydrogen) atoms. The Morgan fingerprint density at radius 3 is 2.95 bits per heavy atom. The lowest BCUT2D eigenvalue weighted by Gasteiger charge is -2.38. The second-order valence-electron chi connectivity index (χ2n) is 6.38. The Morgan fingerprint density at radius 1 is 1.37 bits per heavy atom. The zero-order valence-corrected chi connectivity index (χ0v) is 12.7. The molecule has 112 valence electrons. The topological polar surface area (TPSA) is 32.7 Å². The lowest BCUT2D eigenvalue weighted by molar-refractivity contribution is -0.107. The van der Waals surface area contributed by atoms with Crippen LogP contribution in [0.25, 0.3) is 0 Å². The van der Waals surface area contributed by atoms with Gasteiger partial charge in [-0.3, -0.25) is 4.90 Å². The lowest BCUT2D eigenvalue weighted by Crippen LogP contribution is -2.50. The van der Waals surface area contributed by atoms with E-state index in [1.165, 1.54) is 45.1 Å². The van der Waals surface area contributed by atoms with Crippen molar-refractivity contribution < 1.29 is 9.84 Å². The van der Waals surface area contributed by atoms with Gasteiger partial charge in [-0.2, -0.15) is 0 Å². The number of aliphatic hydroxyl groups excluding tert-OH is 1. The highest BCUT2D eigenvalue weighted by molar-refractivity contribution is 4.88. The van der Waals surface area contributed by atoms with Gasteiger partial charge in [-0.25, -0.2) is 0 Å². The number of aliphatic hydroxyl groups is 1. The SMILES string of the molecule is CCCCC(CC)CC(O)C1CN2CCCC2CO1. The van der Waals surface area contributed by atoms with Crippen molar-refractivity contribution in [2.45, 2.75) is 77.0 Å². The normalized spacial score (nSPS) is 31.1. The summed E-state index contributed by atoms with van der Waals surface area (Å²) in [6.07, 6.45) is 8.22. The van der Waals surface area contributed by atoms with E-state index in [0.29, 0.717) is 12.0 Å². The predicted octanol–water partition coefficient (Wildman–Crippen LogP) is 2.82. The summed E-state index contributed by atoms with van der Waals surface area (Å²) < 4.78 is 5.91. The first-order valence-electron chi connectivity index (χ1n) is 8.28. The molecule has 0 aromatic carbocycles. The number of unbranched alkanes of at least 4 members (excludes halogenated alkanes) is 1. The molecule has 2 heterocycles. The quantitative estimate of drug-likeness (QED) is 0.771. The number of rotatable bonds is 7. The molecule has 2 rings (SSSR count). The van der Waals surface area contributed by atoms with E-state index in [-0.39, 0.29) is 12.2 Å². The van der Waals surface area contributed by atoms with Crippen LogP contribution < -0.4 is 0 Å². The van der Waals surface area contributed by atoms with E-state index in [0.717, 1.165) is 19.6 Å². The molecule has 3 nitrogen and oxygen atoms in total. The van der Waals surface area contributed by atoms with Gasteiger partial charge in [-0.15, -0.1) is 0 Å². The smallest absolute Gasteiger partial charge is 0.0961 e. The largest absolute Gasteiger partial charge is 0.390 e. The molecule has 0 bridgehead atoms. The molecular weight excluding hydrogens is 238 g/mol. The van der Waals surface area contributed by atoms with Gasteiger partial charge < -0.3 is 9.84 Å². The summed E-state index contributed by atoms with van der Waals surface area (Å²) >= 11 is 0. The molecule has 3 heteroatoms. The van der Waals surface area contributed by atoms with E-state index >= 15 is 0 Å². The Hall–Kier alpha value is -0.120. The Morgan fingerprint density at radius 2 is 2.21 bits per heavy atom. The van der Waals surface area contributed by atoms with Gasteiger partial charge in [0.05, 0.1) is 18.8 Å². The third-order valence-corrected chi connectivity index (χ3v) is 4.96. The fourth-order valence-electron chi connectivity index (χ4n) is 3.55. The van der Waals surface area contributed by atoms with E-state index in [1.807, 2.05) is 0 Å². The van der Waals surface area contributed by atoms with Crippen molar-refractivity contribution in [3.63, 3.8) is 0 Å². The number of morpholine rings is 1. The fourth-order valence-corrected chi connectivity index (χ4v) is 3.55. The molecule has 4 atom stereocenters. The van der Waals surface area contributed by atoms with Crippen molar-refractivity contribution in [1.82, 2.24) is 4.90 Å². The second-order valence-corrected chi connectivity index (χ2v) is 6.38. The molecular formula is C16H31NO2. The summed E-state index contributed by atoms with van der Waals surface area (Å²) in [4.78, 5) is 2.52. The number of nitrogens with zero attached hydrogens (tertiary/aromatic N) is 1. The first kappa shape index (κ1) is 15.3. The first-order chi connectivity index (χ1) is 9.24. The van der Waals surface area contributed by atoms with Crippen molar-refractivity contribution in [2.24, 2.45) is 5.92 Å². The first-order valence-corrected chi connectivity index (χ1v) is 8.28. The van der Waals surface area contributed by atoms with Crippen LogP contribution in [0.4, 0.5) is 0 Å². The molecule has 0 aliphatic carbocycles. The minimum atomic E-state index is -0.275. The summed E-state index contributed by atoms with van der Waals surface area (Å²) in [7, 11) is 0. The number of ether oxygens (including phenoxy) is 1. The monoisotopic (exact) mass is 269 g/mol. The number of fused-ring (bicyclic) bond motifs is 1. The highest BCUT2D eigenvalue weighted by Gasteiger charge is 2.35. The van der Waals surface area contributed by atoms with Crippen LogP contribution in [0, 0.1) is 5.92 Å². The lowest BCUT2D eigenvalue weighted by atomic mass is 9.91. The Balaban J connectivity index is 1.77. The standard InChI is InChI=1S/C16H31NO2/c1-3-5-7-13(4-2)10-15(18)16-11-17-9-6-8-14(17)12-19-16/h13-16,18H,3-12H2,1-2H3. The Bertz CT molecular complexity index is 259. The van der Waals surface area contributed by atoms with Crippen LogP contribution in [0.2, 0.25) is 0 Å². The maximum Gasteiger partial charge on any atom is 0.0961 e. The summed E-state index contributed by atoms with van der Waals surface area (Å²) in [6.45, 7) is 7.44. The van der Waals surface area contributed by atoms with Crippen molar-refractivity contribution in [2.75, 3.05) is 19.7 Å². The summed E-state index contributed by atoms with van der Waals surface area (Å²) in [5.41, 5.74) is 0. The Labute approximate surface area is 118 Å². The van der Waals surface area contributed by atoms with Crippen molar-refractivity contribution in [1.29, 1.82) is 0 Å². The molecule has 2 fully saturated rings. The van der Waals surface area contributed by atoms with Crippen LogP contribution in [-0.2, 0) is 4.74 Å². The van der Waals surface area contributed by atoms with Crippen LogP contribution in [0.5, 0.6) is 0 Å². The zero-order chi connectivity index (χ0) is 13.7. The molecule has 2 aliphatic heterocycles. The maximum atomic E-state index is 10.4. The van der Waals surface area contributed by atoms with Gasteiger partial charge in [0.2, 0.25) is 0 Å². The van der Waals surface area contributed by atoms with Gasteiger partial charge in [0.15, 0.2) is 0 Å². The molecule has 0 saturated carbocycles. The van der Waals surface area contributed by atoms with Crippen molar-refractivity contribution in [3.8, 4) is 0 Å². The van der Waals surface area contributed by atoms with Crippen molar-refractivity contribution >= 4 is 0 Å². The maximum absolute atomic E-state index is 10.4. The molecule has 4 unspecified atom stereocenters. The molecule has 2 saturated heterocycles. The van der Waals surface area contributed by atoms with Crippen LogP contribution in [0.15, 0.2) is 0 Å². The van der Waals surface area contributed by atoms with E-state index in [1.54, 1.807) is 0 Å². The molecule has 0 radical (unpaired) electrons. The summed E-state index contributed by atoms with van der Waals surface area (Å²) in [5, 5.41) is 10.4. The van der Waals surface area contributed by atoms with Gasteiger partial charge in [-0.05, 0) is 31.7 Å². The third-order valence-electron chi connectivity index (χ3n) is 4.96. The average Bonchev–Trinajstić information content (AvgIpc) is 2.90. The van der Waals surface area contributed by atoms with Crippen LogP contribution in [-0.4, -0.2) is 48.0 Å². The van der Waals surface area contributed by atoms with Gasteiger partial charge in [0.1, 0.15) is 0 Å². The Kier molecular flexibility index (Phi) is 6.11. The van der Waals surface area contributed by atoms with Crippen LogP contribution in [0.1, 0.15) is 58.8 Å². The fraction of sp³-hybridized carbons (Fsp3) is 1.00. The minimum Gasteiger partial charge on any atom is -0.390 e. The average molecular weight is 269 g/mol. The van der Waals surface area contributed by atoms with Gasteiger partial charge in [-0.1, -0.05) is 39.5 Å². The summed E-state index contributed by atoms with van der Waals surface area (Å²) in [6, 6.07) is 0.630. The molecule has 2 aliphatic rings. The van der Waals surface area contributed by atoms with Gasteiger partial charge >= 0.3 is 0 Å². The van der Waals surface area contributed by atoms with E-state index < -0.39 is 0 Å². The molecule has 1 N–H and O–H groups in total. The molecule has 0 aromatic heterocycles. The van der Waals surface area contributed by atoms with Gasteiger partial charge in [0, 0.05) is 12.6 Å². The van der Waals surface area contributed by atoms with Gasteiger partial charge in [0.25, 0.3) is 0 Å². The summed E-state index contributed by atoms with van der Waals surface area (Å²) in [5.74, 6) is 0.662. The van der Waals surface area contributed by atoms with E-state index in [9.17, 15) is 5.11 Å². The molecule has 0 aromatic rings. The van der Waals surface area contributed by atoms with E-state index in [2.05, 4.69) is 18.7 Å². The number of hydrogen-bond acceptors (Lipinski definition) is 3. The van der Waals surface area contributed by atoms with Crippen molar-refractivity contribution in [3.05, 3.63) is 0 Å². The third kappa shape index (κ3) is 4.17. The second kappa shape index (κ2) is 7.61.